The van der Waals surface area contributed by atoms with Crippen LogP contribution < -0.4 is 0 Å². The Balaban J connectivity index is 2.47. The van der Waals surface area contributed by atoms with Gasteiger partial charge in [0, 0.05) is 5.92 Å². The van der Waals surface area contributed by atoms with Gasteiger partial charge in [-0.1, -0.05) is 0 Å². The number of rotatable bonds is 2. The van der Waals surface area contributed by atoms with Crippen LogP contribution in [0.15, 0.2) is 23.1 Å². The van der Waals surface area contributed by atoms with E-state index in [0.29, 0.717) is 12.0 Å². The highest BCUT2D eigenvalue weighted by Gasteiger charge is 2.37. The Bertz CT molecular complexity index is 543. The third-order valence-corrected chi connectivity index (χ3v) is 4.80. The summed E-state index contributed by atoms with van der Waals surface area (Å²) in [5, 5.41) is 9.75. The largest absolute Gasteiger partial charge is 0.390 e. The lowest BCUT2D eigenvalue weighted by atomic mass is 9.89. The van der Waals surface area contributed by atoms with Gasteiger partial charge in [0.15, 0.2) is 9.84 Å². The lowest BCUT2D eigenvalue weighted by Gasteiger charge is -2.21. The van der Waals surface area contributed by atoms with Crippen molar-refractivity contribution < 1.29 is 17.9 Å². The van der Waals surface area contributed by atoms with Crippen LogP contribution in [0.2, 0.25) is 0 Å². The molecule has 0 aromatic heterocycles. The van der Waals surface area contributed by atoms with Crippen LogP contribution in [0.3, 0.4) is 0 Å². The Morgan fingerprint density at radius 3 is 2.71 bits per heavy atom. The lowest BCUT2D eigenvalue weighted by Crippen LogP contribution is -2.23. The first-order chi connectivity index (χ1) is 7.69. The van der Waals surface area contributed by atoms with Crippen LogP contribution >= 0.6 is 0 Å². The lowest BCUT2D eigenvalue weighted by molar-refractivity contribution is 0.0652. The zero-order chi connectivity index (χ0) is 12.8. The molecule has 0 radical (unpaired) electrons. The van der Waals surface area contributed by atoms with Gasteiger partial charge in [0.05, 0.1) is 16.2 Å². The summed E-state index contributed by atoms with van der Waals surface area (Å²) >= 11 is 0. The summed E-state index contributed by atoms with van der Waals surface area (Å²) in [7, 11) is -3.32. The smallest absolute Gasteiger partial charge is 0.179 e. The maximum atomic E-state index is 13.2. The summed E-state index contributed by atoms with van der Waals surface area (Å²) in [6, 6.07) is 3.73. The van der Waals surface area contributed by atoms with Gasteiger partial charge < -0.3 is 5.11 Å². The fourth-order valence-corrected chi connectivity index (χ4v) is 4.20. The maximum absolute atomic E-state index is 13.2. The van der Waals surface area contributed by atoms with Crippen molar-refractivity contribution in [2.75, 3.05) is 5.75 Å². The molecule has 0 amide bonds. The summed E-state index contributed by atoms with van der Waals surface area (Å²) < 4.78 is 36.9. The second-order valence-corrected chi connectivity index (χ2v) is 7.18. The summed E-state index contributed by atoms with van der Waals surface area (Å²) in [5.74, 6) is -0.817. The number of halogens is 1. The van der Waals surface area contributed by atoms with Gasteiger partial charge in [-0.05, 0) is 44.0 Å². The van der Waals surface area contributed by atoms with E-state index in [4.69, 9.17) is 0 Å². The quantitative estimate of drug-likeness (QED) is 0.824. The zero-order valence-electron chi connectivity index (χ0n) is 9.77. The summed E-state index contributed by atoms with van der Waals surface area (Å²) in [5.41, 5.74) is -0.471. The average molecular weight is 258 g/mol. The molecule has 1 N–H and O–H groups in total. The van der Waals surface area contributed by atoms with Crippen molar-refractivity contribution in [1.82, 2.24) is 0 Å². The molecular formula is C12H15FO3S. The fourth-order valence-electron chi connectivity index (χ4n) is 2.34. The second-order valence-electron chi connectivity index (χ2n) is 5.18. The zero-order valence-corrected chi connectivity index (χ0v) is 10.6. The van der Waals surface area contributed by atoms with Gasteiger partial charge in [0.25, 0.3) is 0 Å². The molecule has 1 aromatic carbocycles. The first-order valence-electron chi connectivity index (χ1n) is 5.44. The molecule has 1 unspecified atom stereocenters. The maximum Gasteiger partial charge on any atom is 0.179 e. The molecule has 0 spiro atoms. The molecule has 0 bridgehead atoms. The summed E-state index contributed by atoms with van der Waals surface area (Å²) in [6.45, 7) is 3.24. The number of benzene rings is 1. The average Bonchev–Trinajstić information content (AvgIpc) is 2.35. The summed E-state index contributed by atoms with van der Waals surface area (Å²) in [4.78, 5) is 0.202. The number of sulfone groups is 1. The molecular weight excluding hydrogens is 243 g/mol. The van der Waals surface area contributed by atoms with Gasteiger partial charge in [-0.2, -0.15) is 0 Å². The van der Waals surface area contributed by atoms with Crippen molar-refractivity contribution in [3.8, 4) is 0 Å². The SMILES string of the molecule is CC(C)(O)CC1CS(=O)(=O)c2ccc(F)cc21. The van der Waals surface area contributed by atoms with Gasteiger partial charge in [-0.3, -0.25) is 0 Å². The highest BCUT2D eigenvalue weighted by molar-refractivity contribution is 7.91. The molecule has 94 valence electrons. The molecule has 5 heteroatoms. The molecule has 1 heterocycles. The topological polar surface area (TPSA) is 54.4 Å². The Hall–Kier alpha value is -0.940. The van der Waals surface area contributed by atoms with Crippen LogP contribution in [0.4, 0.5) is 4.39 Å². The van der Waals surface area contributed by atoms with Crippen molar-refractivity contribution in [3.63, 3.8) is 0 Å². The van der Waals surface area contributed by atoms with E-state index in [9.17, 15) is 17.9 Å². The van der Waals surface area contributed by atoms with Crippen LogP contribution in [0, 0.1) is 5.82 Å². The normalized spacial score (nSPS) is 22.5. The number of hydrogen-bond acceptors (Lipinski definition) is 3. The predicted molar refractivity (Wildman–Crippen MR) is 62.1 cm³/mol. The molecule has 0 saturated heterocycles. The van der Waals surface area contributed by atoms with Gasteiger partial charge in [0.2, 0.25) is 0 Å². The molecule has 3 nitrogen and oxygen atoms in total. The van der Waals surface area contributed by atoms with Gasteiger partial charge in [-0.25, -0.2) is 12.8 Å². The van der Waals surface area contributed by atoms with E-state index in [1.165, 1.54) is 12.1 Å². The highest BCUT2D eigenvalue weighted by atomic mass is 32.2. The molecule has 1 aliphatic rings. The van der Waals surface area contributed by atoms with E-state index >= 15 is 0 Å². The van der Waals surface area contributed by atoms with E-state index in [2.05, 4.69) is 0 Å². The monoisotopic (exact) mass is 258 g/mol. The van der Waals surface area contributed by atoms with Gasteiger partial charge in [-0.15, -0.1) is 0 Å². The standard InChI is InChI=1S/C12H15FO3S/c1-12(2,14)6-8-7-17(15,16)11-4-3-9(13)5-10(8)11/h3-5,8,14H,6-7H2,1-2H3. The van der Waals surface area contributed by atoms with E-state index in [1.807, 2.05) is 0 Å². The second kappa shape index (κ2) is 3.78. The van der Waals surface area contributed by atoms with Crippen molar-refractivity contribution in [1.29, 1.82) is 0 Å². The predicted octanol–water partition coefficient (Wildman–Crippen LogP) is 1.86. The van der Waals surface area contributed by atoms with Gasteiger partial charge >= 0.3 is 0 Å². The third-order valence-electron chi connectivity index (χ3n) is 2.91. The number of aliphatic hydroxyl groups is 1. The van der Waals surface area contributed by atoms with Crippen LogP contribution in [0.5, 0.6) is 0 Å². The minimum Gasteiger partial charge on any atom is -0.390 e. The van der Waals surface area contributed by atoms with E-state index in [-0.39, 0.29) is 16.6 Å². The fraction of sp³-hybridized carbons (Fsp3) is 0.500. The Morgan fingerprint density at radius 1 is 1.47 bits per heavy atom. The molecule has 17 heavy (non-hydrogen) atoms. The number of fused-ring (bicyclic) bond motifs is 1. The molecule has 0 fully saturated rings. The molecule has 1 aromatic rings. The first kappa shape index (κ1) is 12.5. The van der Waals surface area contributed by atoms with Crippen LogP contribution in [-0.2, 0) is 9.84 Å². The molecule has 1 aliphatic heterocycles. The van der Waals surface area contributed by atoms with Crippen LogP contribution in [0.1, 0.15) is 31.7 Å². The van der Waals surface area contributed by atoms with Crippen molar-refractivity contribution >= 4 is 9.84 Å². The number of hydrogen-bond donors (Lipinski definition) is 1. The third kappa shape index (κ3) is 2.50. The minimum atomic E-state index is -3.32. The van der Waals surface area contributed by atoms with Crippen LogP contribution in [0.25, 0.3) is 0 Å². The molecule has 0 saturated carbocycles. The molecule has 1 atom stereocenters. The van der Waals surface area contributed by atoms with Gasteiger partial charge in [0.1, 0.15) is 5.82 Å². The Labute approximate surface area is 100 Å². The van der Waals surface area contributed by atoms with Crippen LogP contribution in [-0.4, -0.2) is 24.9 Å². The van der Waals surface area contributed by atoms with E-state index in [1.54, 1.807) is 13.8 Å². The van der Waals surface area contributed by atoms with Crippen molar-refractivity contribution in [2.24, 2.45) is 0 Å². The minimum absolute atomic E-state index is 0.0459. The van der Waals surface area contributed by atoms with Crippen molar-refractivity contribution in [2.45, 2.75) is 36.7 Å². The Kier molecular flexibility index (Phi) is 2.78. The Morgan fingerprint density at radius 2 is 2.12 bits per heavy atom. The highest BCUT2D eigenvalue weighted by Crippen LogP contribution is 2.39. The first-order valence-corrected chi connectivity index (χ1v) is 7.09. The van der Waals surface area contributed by atoms with E-state index in [0.717, 1.165) is 6.07 Å². The van der Waals surface area contributed by atoms with E-state index < -0.39 is 21.3 Å². The molecule has 2 rings (SSSR count). The molecule has 0 aliphatic carbocycles. The summed E-state index contributed by atoms with van der Waals surface area (Å²) in [6.07, 6.45) is 0.308. The van der Waals surface area contributed by atoms with Crippen molar-refractivity contribution in [3.05, 3.63) is 29.6 Å².